The zero-order valence-electron chi connectivity index (χ0n) is 10.9. The SMILES string of the molecule is c1ccc(-c2[nH]ncc2CNC2CCSCC2)cc1. The number of nitrogens with one attached hydrogen (secondary N) is 2. The Kier molecular flexibility index (Phi) is 4.20. The topological polar surface area (TPSA) is 40.7 Å². The molecule has 2 aromatic rings. The van der Waals surface area contributed by atoms with Crippen LogP contribution in [0.5, 0.6) is 0 Å². The first-order valence-electron chi connectivity index (χ1n) is 6.82. The number of hydrogen-bond donors (Lipinski definition) is 2. The summed E-state index contributed by atoms with van der Waals surface area (Å²) < 4.78 is 0. The smallest absolute Gasteiger partial charge is 0.0695 e. The van der Waals surface area contributed by atoms with E-state index in [1.165, 1.54) is 35.5 Å². The van der Waals surface area contributed by atoms with E-state index in [1.54, 1.807) is 0 Å². The molecule has 4 heteroatoms. The van der Waals surface area contributed by atoms with Crippen LogP contribution < -0.4 is 5.32 Å². The van der Waals surface area contributed by atoms with Crippen molar-refractivity contribution >= 4 is 11.8 Å². The van der Waals surface area contributed by atoms with Gasteiger partial charge in [0.25, 0.3) is 0 Å². The molecule has 1 aromatic carbocycles. The largest absolute Gasteiger partial charge is 0.310 e. The van der Waals surface area contributed by atoms with Gasteiger partial charge in [-0.2, -0.15) is 16.9 Å². The summed E-state index contributed by atoms with van der Waals surface area (Å²) in [5.74, 6) is 2.57. The molecule has 3 nitrogen and oxygen atoms in total. The Morgan fingerprint density at radius 2 is 2.00 bits per heavy atom. The van der Waals surface area contributed by atoms with Crippen LogP contribution in [0.25, 0.3) is 11.3 Å². The van der Waals surface area contributed by atoms with Crippen LogP contribution in [0.2, 0.25) is 0 Å². The third-order valence-electron chi connectivity index (χ3n) is 3.58. The number of thioether (sulfide) groups is 1. The second-order valence-electron chi connectivity index (χ2n) is 4.90. The summed E-state index contributed by atoms with van der Waals surface area (Å²) in [6.07, 6.45) is 4.50. The van der Waals surface area contributed by atoms with Crippen molar-refractivity contribution < 1.29 is 0 Å². The zero-order chi connectivity index (χ0) is 12.9. The fourth-order valence-electron chi connectivity index (χ4n) is 2.46. The summed E-state index contributed by atoms with van der Waals surface area (Å²) in [7, 11) is 0. The molecule has 2 heterocycles. The molecule has 3 rings (SSSR count). The van der Waals surface area contributed by atoms with Crippen molar-refractivity contribution in [2.45, 2.75) is 25.4 Å². The summed E-state index contributed by atoms with van der Waals surface area (Å²) in [6, 6.07) is 11.1. The van der Waals surface area contributed by atoms with Crippen molar-refractivity contribution in [2.24, 2.45) is 0 Å². The van der Waals surface area contributed by atoms with E-state index in [4.69, 9.17) is 0 Å². The maximum atomic E-state index is 4.19. The third kappa shape index (κ3) is 3.19. The van der Waals surface area contributed by atoms with Crippen molar-refractivity contribution in [3.05, 3.63) is 42.1 Å². The van der Waals surface area contributed by atoms with Gasteiger partial charge < -0.3 is 5.32 Å². The van der Waals surface area contributed by atoms with E-state index in [0.717, 1.165) is 12.2 Å². The lowest BCUT2D eigenvalue weighted by atomic mass is 10.1. The maximum absolute atomic E-state index is 4.19. The molecule has 100 valence electrons. The molecular formula is C15H19N3S. The molecule has 0 unspecified atom stereocenters. The normalized spacial score (nSPS) is 16.6. The molecule has 0 radical (unpaired) electrons. The lowest BCUT2D eigenvalue weighted by molar-refractivity contribution is 0.482. The second-order valence-corrected chi connectivity index (χ2v) is 6.13. The molecular weight excluding hydrogens is 254 g/mol. The van der Waals surface area contributed by atoms with Gasteiger partial charge in [-0.05, 0) is 29.9 Å². The average Bonchev–Trinajstić information content (AvgIpc) is 2.95. The molecule has 0 atom stereocenters. The monoisotopic (exact) mass is 273 g/mol. The minimum absolute atomic E-state index is 0.666. The van der Waals surface area contributed by atoms with Crippen LogP contribution in [0.4, 0.5) is 0 Å². The van der Waals surface area contributed by atoms with Crippen molar-refractivity contribution in [1.82, 2.24) is 15.5 Å². The molecule has 0 spiro atoms. The average molecular weight is 273 g/mol. The Morgan fingerprint density at radius 3 is 2.79 bits per heavy atom. The Labute approximate surface area is 118 Å². The van der Waals surface area contributed by atoms with Crippen LogP contribution in [0.15, 0.2) is 36.5 Å². The summed E-state index contributed by atoms with van der Waals surface area (Å²) in [5.41, 5.74) is 3.60. The summed E-state index contributed by atoms with van der Waals surface area (Å²) >= 11 is 2.06. The highest BCUT2D eigenvalue weighted by Gasteiger charge is 2.14. The lowest BCUT2D eigenvalue weighted by Gasteiger charge is -2.22. The highest BCUT2D eigenvalue weighted by molar-refractivity contribution is 7.99. The zero-order valence-corrected chi connectivity index (χ0v) is 11.7. The van der Waals surface area contributed by atoms with Gasteiger partial charge in [-0.3, -0.25) is 5.10 Å². The van der Waals surface area contributed by atoms with Gasteiger partial charge in [-0.1, -0.05) is 30.3 Å². The minimum Gasteiger partial charge on any atom is -0.310 e. The molecule has 2 N–H and O–H groups in total. The molecule has 0 amide bonds. The van der Waals surface area contributed by atoms with E-state index in [1.807, 2.05) is 12.3 Å². The van der Waals surface area contributed by atoms with Crippen LogP contribution in [0.3, 0.4) is 0 Å². The fraction of sp³-hybridized carbons (Fsp3) is 0.400. The van der Waals surface area contributed by atoms with Crippen LogP contribution in [-0.2, 0) is 6.54 Å². The fourth-order valence-corrected chi connectivity index (χ4v) is 3.56. The molecule has 0 aliphatic carbocycles. The summed E-state index contributed by atoms with van der Waals surface area (Å²) in [5, 5.41) is 11.0. The Morgan fingerprint density at radius 1 is 1.21 bits per heavy atom. The quantitative estimate of drug-likeness (QED) is 0.899. The van der Waals surface area contributed by atoms with Crippen LogP contribution in [-0.4, -0.2) is 27.7 Å². The van der Waals surface area contributed by atoms with Crippen molar-refractivity contribution in [1.29, 1.82) is 0 Å². The molecule has 1 aliphatic rings. The van der Waals surface area contributed by atoms with E-state index in [0.29, 0.717) is 6.04 Å². The minimum atomic E-state index is 0.666. The van der Waals surface area contributed by atoms with E-state index in [9.17, 15) is 0 Å². The lowest BCUT2D eigenvalue weighted by Crippen LogP contribution is -2.32. The molecule has 1 aromatic heterocycles. The Hall–Kier alpha value is -1.26. The summed E-state index contributed by atoms with van der Waals surface area (Å²) in [4.78, 5) is 0. The number of rotatable bonds is 4. The van der Waals surface area contributed by atoms with Gasteiger partial charge in [-0.15, -0.1) is 0 Å². The first-order valence-corrected chi connectivity index (χ1v) is 7.98. The molecule has 0 saturated carbocycles. The number of aromatic nitrogens is 2. The van der Waals surface area contributed by atoms with Gasteiger partial charge in [0.1, 0.15) is 0 Å². The Bertz CT molecular complexity index is 503. The van der Waals surface area contributed by atoms with Crippen LogP contribution >= 0.6 is 11.8 Å². The first-order chi connectivity index (χ1) is 9.43. The number of benzene rings is 1. The maximum Gasteiger partial charge on any atom is 0.0695 e. The summed E-state index contributed by atoms with van der Waals surface area (Å²) in [6.45, 7) is 0.899. The number of nitrogens with zero attached hydrogens (tertiary/aromatic N) is 1. The van der Waals surface area contributed by atoms with Gasteiger partial charge in [0.2, 0.25) is 0 Å². The van der Waals surface area contributed by atoms with Crippen LogP contribution in [0, 0.1) is 0 Å². The molecule has 1 fully saturated rings. The van der Waals surface area contributed by atoms with E-state index in [2.05, 4.69) is 51.5 Å². The van der Waals surface area contributed by atoms with E-state index < -0.39 is 0 Å². The predicted molar refractivity (Wildman–Crippen MR) is 81.2 cm³/mol. The van der Waals surface area contributed by atoms with Gasteiger partial charge in [-0.25, -0.2) is 0 Å². The van der Waals surface area contributed by atoms with Gasteiger partial charge >= 0.3 is 0 Å². The predicted octanol–water partition coefficient (Wildman–Crippen LogP) is 3.06. The Balaban J connectivity index is 1.67. The van der Waals surface area contributed by atoms with Gasteiger partial charge in [0, 0.05) is 18.2 Å². The number of H-pyrrole nitrogens is 1. The molecule has 0 bridgehead atoms. The van der Waals surface area contributed by atoms with E-state index in [-0.39, 0.29) is 0 Å². The number of hydrogen-bond acceptors (Lipinski definition) is 3. The second kappa shape index (κ2) is 6.26. The van der Waals surface area contributed by atoms with Crippen molar-refractivity contribution in [3.8, 4) is 11.3 Å². The van der Waals surface area contributed by atoms with Crippen molar-refractivity contribution in [3.63, 3.8) is 0 Å². The van der Waals surface area contributed by atoms with Crippen molar-refractivity contribution in [2.75, 3.05) is 11.5 Å². The highest BCUT2D eigenvalue weighted by atomic mass is 32.2. The standard InChI is InChI=1S/C15H19N3S/c1-2-4-12(5-3-1)15-13(11-17-18-15)10-16-14-6-8-19-9-7-14/h1-5,11,14,16H,6-10H2,(H,17,18). The van der Waals surface area contributed by atoms with Crippen LogP contribution in [0.1, 0.15) is 18.4 Å². The van der Waals surface area contributed by atoms with Gasteiger partial charge in [0.05, 0.1) is 11.9 Å². The molecule has 19 heavy (non-hydrogen) atoms. The molecule has 1 aliphatic heterocycles. The highest BCUT2D eigenvalue weighted by Crippen LogP contribution is 2.22. The first kappa shape index (κ1) is 12.8. The van der Waals surface area contributed by atoms with E-state index >= 15 is 0 Å². The number of aromatic amines is 1. The van der Waals surface area contributed by atoms with Gasteiger partial charge in [0.15, 0.2) is 0 Å². The third-order valence-corrected chi connectivity index (χ3v) is 4.63. The molecule has 1 saturated heterocycles.